The lowest BCUT2D eigenvalue weighted by atomic mass is 9.99. The molecule has 2 unspecified atom stereocenters. The van der Waals surface area contributed by atoms with Gasteiger partial charge >= 0.3 is 0 Å². The van der Waals surface area contributed by atoms with Crippen LogP contribution in [0.25, 0.3) is 0 Å². The topological polar surface area (TPSA) is 15.3 Å². The summed E-state index contributed by atoms with van der Waals surface area (Å²) in [5, 5.41) is 3.68. The first kappa shape index (κ1) is 12.2. The number of nitrogens with zero attached hydrogens (tertiary/aromatic N) is 1. The van der Waals surface area contributed by atoms with Crippen molar-refractivity contribution in [2.75, 3.05) is 26.2 Å². The quantitative estimate of drug-likeness (QED) is 0.875. The Balaban J connectivity index is 1.55. The molecule has 2 heteroatoms. The summed E-state index contributed by atoms with van der Waals surface area (Å²) in [6.07, 6.45) is 2.89. The normalized spacial score (nSPS) is 27.1. The number of piperazine rings is 1. The molecule has 2 nitrogen and oxygen atoms in total. The summed E-state index contributed by atoms with van der Waals surface area (Å²) < 4.78 is 0. The fourth-order valence-electron chi connectivity index (χ4n) is 3.10. The summed E-state index contributed by atoms with van der Waals surface area (Å²) in [5.41, 5.74) is 1.47. The van der Waals surface area contributed by atoms with Crippen LogP contribution in [-0.4, -0.2) is 37.1 Å². The fourth-order valence-corrected chi connectivity index (χ4v) is 3.10. The summed E-state index contributed by atoms with van der Waals surface area (Å²) in [6.45, 7) is 7.18. The SMILES string of the molecule is CC(CN1CCNC(C2CC2)C1)c1ccccc1. The maximum atomic E-state index is 3.68. The van der Waals surface area contributed by atoms with Crippen LogP contribution in [0.1, 0.15) is 31.2 Å². The molecule has 1 N–H and O–H groups in total. The van der Waals surface area contributed by atoms with Crippen LogP contribution in [0, 0.1) is 5.92 Å². The highest BCUT2D eigenvalue weighted by molar-refractivity contribution is 5.19. The molecule has 2 fully saturated rings. The van der Waals surface area contributed by atoms with Gasteiger partial charge in [-0.05, 0) is 30.2 Å². The van der Waals surface area contributed by atoms with Gasteiger partial charge in [0.2, 0.25) is 0 Å². The van der Waals surface area contributed by atoms with E-state index in [0.29, 0.717) is 5.92 Å². The minimum atomic E-state index is 0.643. The van der Waals surface area contributed by atoms with Crippen molar-refractivity contribution in [3.8, 4) is 0 Å². The number of nitrogens with one attached hydrogen (secondary N) is 1. The Bertz CT molecular complexity index is 372. The van der Waals surface area contributed by atoms with E-state index in [1.54, 1.807) is 0 Å². The molecule has 2 atom stereocenters. The van der Waals surface area contributed by atoms with E-state index in [1.165, 1.54) is 44.6 Å². The predicted molar refractivity (Wildman–Crippen MR) is 75.8 cm³/mol. The zero-order valence-corrected chi connectivity index (χ0v) is 11.3. The third-order valence-corrected chi connectivity index (χ3v) is 4.38. The summed E-state index contributed by atoms with van der Waals surface area (Å²) in [6, 6.07) is 11.7. The first-order valence-electron chi connectivity index (χ1n) is 7.33. The van der Waals surface area contributed by atoms with Crippen LogP contribution in [0.4, 0.5) is 0 Å². The van der Waals surface area contributed by atoms with Crippen LogP contribution < -0.4 is 5.32 Å². The summed E-state index contributed by atoms with van der Waals surface area (Å²) in [4.78, 5) is 2.65. The van der Waals surface area contributed by atoms with Crippen LogP contribution >= 0.6 is 0 Å². The minimum Gasteiger partial charge on any atom is -0.311 e. The van der Waals surface area contributed by atoms with Gasteiger partial charge in [0.15, 0.2) is 0 Å². The van der Waals surface area contributed by atoms with Gasteiger partial charge in [-0.25, -0.2) is 0 Å². The maximum absolute atomic E-state index is 3.68. The van der Waals surface area contributed by atoms with Gasteiger partial charge in [0, 0.05) is 32.2 Å². The van der Waals surface area contributed by atoms with Crippen molar-refractivity contribution in [2.24, 2.45) is 5.92 Å². The van der Waals surface area contributed by atoms with Gasteiger partial charge in [-0.1, -0.05) is 37.3 Å². The summed E-state index contributed by atoms with van der Waals surface area (Å²) in [5.74, 6) is 1.61. The first-order valence-corrected chi connectivity index (χ1v) is 7.33. The predicted octanol–water partition coefficient (Wildman–Crippen LogP) is 2.47. The molecule has 1 aliphatic carbocycles. The Kier molecular flexibility index (Phi) is 3.67. The molecule has 0 amide bonds. The minimum absolute atomic E-state index is 0.643. The Morgan fingerprint density at radius 2 is 2.06 bits per heavy atom. The molecule has 0 radical (unpaired) electrons. The van der Waals surface area contributed by atoms with Gasteiger partial charge in [0.1, 0.15) is 0 Å². The number of hydrogen-bond donors (Lipinski definition) is 1. The molecular formula is C16H24N2. The van der Waals surface area contributed by atoms with Crippen molar-refractivity contribution >= 4 is 0 Å². The average molecular weight is 244 g/mol. The largest absolute Gasteiger partial charge is 0.311 e. The van der Waals surface area contributed by atoms with Crippen molar-refractivity contribution in [2.45, 2.75) is 31.7 Å². The molecule has 2 aliphatic rings. The van der Waals surface area contributed by atoms with Crippen molar-refractivity contribution in [3.63, 3.8) is 0 Å². The Morgan fingerprint density at radius 1 is 1.28 bits per heavy atom. The molecule has 1 saturated carbocycles. The van der Waals surface area contributed by atoms with Gasteiger partial charge in [-0.2, -0.15) is 0 Å². The molecule has 3 rings (SSSR count). The van der Waals surface area contributed by atoms with Crippen LogP contribution in [0.3, 0.4) is 0 Å². The van der Waals surface area contributed by atoms with Crippen LogP contribution in [-0.2, 0) is 0 Å². The molecule has 1 saturated heterocycles. The van der Waals surface area contributed by atoms with E-state index in [4.69, 9.17) is 0 Å². The highest BCUT2D eigenvalue weighted by Crippen LogP contribution is 2.33. The van der Waals surface area contributed by atoms with Gasteiger partial charge in [-0.3, -0.25) is 4.90 Å². The molecule has 0 aromatic heterocycles. The third kappa shape index (κ3) is 2.93. The molecular weight excluding hydrogens is 220 g/mol. The molecule has 1 aliphatic heterocycles. The van der Waals surface area contributed by atoms with E-state index in [2.05, 4.69) is 47.5 Å². The lowest BCUT2D eigenvalue weighted by molar-refractivity contribution is 0.181. The highest BCUT2D eigenvalue weighted by atomic mass is 15.2. The van der Waals surface area contributed by atoms with Crippen LogP contribution in [0.15, 0.2) is 30.3 Å². The van der Waals surface area contributed by atoms with E-state index < -0.39 is 0 Å². The van der Waals surface area contributed by atoms with Crippen molar-refractivity contribution in [1.29, 1.82) is 0 Å². The number of hydrogen-bond acceptors (Lipinski definition) is 2. The van der Waals surface area contributed by atoms with E-state index >= 15 is 0 Å². The molecule has 0 bridgehead atoms. The van der Waals surface area contributed by atoms with Crippen molar-refractivity contribution in [3.05, 3.63) is 35.9 Å². The lowest BCUT2D eigenvalue weighted by Gasteiger charge is -2.35. The third-order valence-electron chi connectivity index (χ3n) is 4.38. The molecule has 1 heterocycles. The Labute approximate surface area is 110 Å². The summed E-state index contributed by atoms with van der Waals surface area (Å²) >= 11 is 0. The molecule has 1 aromatic carbocycles. The van der Waals surface area contributed by atoms with Crippen molar-refractivity contribution < 1.29 is 0 Å². The smallest absolute Gasteiger partial charge is 0.0223 e. The second-order valence-corrected chi connectivity index (χ2v) is 5.97. The van der Waals surface area contributed by atoms with E-state index in [0.717, 1.165) is 12.0 Å². The summed E-state index contributed by atoms with van der Waals surface area (Å²) in [7, 11) is 0. The van der Waals surface area contributed by atoms with Gasteiger partial charge in [-0.15, -0.1) is 0 Å². The van der Waals surface area contributed by atoms with E-state index in [9.17, 15) is 0 Å². The zero-order chi connectivity index (χ0) is 12.4. The first-order chi connectivity index (χ1) is 8.83. The number of benzene rings is 1. The van der Waals surface area contributed by atoms with Gasteiger partial charge < -0.3 is 5.32 Å². The lowest BCUT2D eigenvalue weighted by Crippen LogP contribution is -2.52. The monoisotopic (exact) mass is 244 g/mol. The second-order valence-electron chi connectivity index (χ2n) is 5.97. The van der Waals surface area contributed by atoms with Gasteiger partial charge in [0.05, 0.1) is 0 Å². The second kappa shape index (κ2) is 5.41. The van der Waals surface area contributed by atoms with Crippen LogP contribution in [0.5, 0.6) is 0 Å². The van der Waals surface area contributed by atoms with Crippen LogP contribution in [0.2, 0.25) is 0 Å². The molecule has 0 spiro atoms. The molecule has 98 valence electrons. The standard InChI is InChI=1S/C16H24N2/c1-13(14-5-3-2-4-6-14)11-18-10-9-17-16(12-18)15-7-8-15/h2-6,13,15-17H,7-12H2,1H3. The van der Waals surface area contributed by atoms with Gasteiger partial charge in [0.25, 0.3) is 0 Å². The Hall–Kier alpha value is -0.860. The molecule has 18 heavy (non-hydrogen) atoms. The highest BCUT2D eigenvalue weighted by Gasteiger charge is 2.34. The van der Waals surface area contributed by atoms with E-state index in [-0.39, 0.29) is 0 Å². The fraction of sp³-hybridized carbons (Fsp3) is 0.625. The zero-order valence-electron chi connectivity index (χ0n) is 11.3. The number of rotatable bonds is 4. The average Bonchev–Trinajstić information content (AvgIpc) is 3.24. The maximum Gasteiger partial charge on any atom is 0.0223 e. The molecule has 1 aromatic rings. The Morgan fingerprint density at radius 3 is 2.78 bits per heavy atom. The van der Waals surface area contributed by atoms with E-state index in [1.807, 2.05) is 0 Å². The van der Waals surface area contributed by atoms with Crippen molar-refractivity contribution in [1.82, 2.24) is 10.2 Å².